The number of aryl methyl sites for hydroxylation is 1. The molecule has 0 bridgehead atoms. The molecule has 1 heterocycles. The van der Waals surface area contributed by atoms with Crippen molar-refractivity contribution in [2.75, 3.05) is 11.9 Å². The summed E-state index contributed by atoms with van der Waals surface area (Å²) in [5, 5.41) is 13.3. The van der Waals surface area contributed by atoms with E-state index in [0.29, 0.717) is 18.3 Å². The SMILES string of the molecule is CCC(CC)C(O)CNc1nc(Cl)ncc1C. The minimum Gasteiger partial charge on any atom is -0.391 e. The van der Waals surface area contributed by atoms with E-state index < -0.39 is 0 Å². The van der Waals surface area contributed by atoms with Gasteiger partial charge in [-0.25, -0.2) is 9.97 Å². The van der Waals surface area contributed by atoms with Crippen LogP contribution in [0.1, 0.15) is 32.3 Å². The minimum atomic E-state index is -0.363. The molecule has 2 N–H and O–H groups in total. The molecule has 1 aromatic rings. The lowest BCUT2D eigenvalue weighted by Gasteiger charge is -2.21. The second kappa shape index (κ2) is 6.77. The van der Waals surface area contributed by atoms with Crippen LogP contribution in [0.3, 0.4) is 0 Å². The highest BCUT2D eigenvalue weighted by Gasteiger charge is 2.15. The standard InChI is InChI=1S/C12H20ClN3O/c1-4-9(5-2)10(17)7-14-11-8(3)6-15-12(13)16-11/h6,9-10,17H,4-5,7H2,1-3H3,(H,14,15,16). The number of nitrogens with one attached hydrogen (secondary N) is 1. The smallest absolute Gasteiger partial charge is 0.224 e. The summed E-state index contributed by atoms with van der Waals surface area (Å²) < 4.78 is 0. The number of halogens is 1. The summed E-state index contributed by atoms with van der Waals surface area (Å²) in [5.41, 5.74) is 0.922. The van der Waals surface area contributed by atoms with E-state index in [1.807, 2.05) is 6.92 Å². The lowest BCUT2D eigenvalue weighted by molar-refractivity contribution is 0.114. The molecule has 1 aromatic heterocycles. The molecular weight excluding hydrogens is 238 g/mol. The van der Waals surface area contributed by atoms with E-state index in [1.165, 1.54) is 0 Å². The molecule has 4 nitrogen and oxygen atoms in total. The van der Waals surface area contributed by atoms with Gasteiger partial charge in [-0.1, -0.05) is 26.7 Å². The van der Waals surface area contributed by atoms with Crippen LogP contribution in [0.5, 0.6) is 0 Å². The van der Waals surface area contributed by atoms with E-state index in [4.69, 9.17) is 11.6 Å². The van der Waals surface area contributed by atoms with Crippen molar-refractivity contribution in [1.29, 1.82) is 0 Å². The normalized spacial score (nSPS) is 12.8. The third-order valence-electron chi connectivity index (χ3n) is 3.01. The summed E-state index contributed by atoms with van der Waals surface area (Å²) in [6, 6.07) is 0. The predicted molar refractivity (Wildman–Crippen MR) is 70.3 cm³/mol. The van der Waals surface area contributed by atoms with Crippen LogP contribution >= 0.6 is 11.6 Å². The third kappa shape index (κ3) is 4.13. The summed E-state index contributed by atoms with van der Waals surface area (Å²) >= 11 is 5.72. The van der Waals surface area contributed by atoms with E-state index in [-0.39, 0.29) is 11.4 Å². The maximum absolute atomic E-state index is 9.99. The zero-order valence-corrected chi connectivity index (χ0v) is 11.3. The van der Waals surface area contributed by atoms with Gasteiger partial charge < -0.3 is 10.4 Å². The maximum atomic E-state index is 9.99. The van der Waals surface area contributed by atoms with Crippen LogP contribution in [0.25, 0.3) is 0 Å². The van der Waals surface area contributed by atoms with Crippen LogP contribution in [-0.4, -0.2) is 27.7 Å². The van der Waals surface area contributed by atoms with Crippen molar-refractivity contribution in [3.8, 4) is 0 Å². The molecule has 5 heteroatoms. The minimum absolute atomic E-state index is 0.218. The quantitative estimate of drug-likeness (QED) is 0.770. The highest BCUT2D eigenvalue weighted by molar-refractivity contribution is 6.28. The van der Waals surface area contributed by atoms with Gasteiger partial charge >= 0.3 is 0 Å². The van der Waals surface area contributed by atoms with Crippen molar-refractivity contribution in [3.05, 3.63) is 17.0 Å². The number of aromatic nitrogens is 2. The van der Waals surface area contributed by atoms with E-state index in [2.05, 4.69) is 29.1 Å². The van der Waals surface area contributed by atoms with Crippen LogP contribution < -0.4 is 5.32 Å². The second-order valence-corrected chi connectivity index (χ2v) is 4.53. The molecule has 0 spiro atoms. The largest absolute Gasteiger partial charge is 0.391 e. The number of rotatable bonds is 6. The Kier molecular flexibility index (Phi) is 5.65. The lowest BCUT2D eigenvalue weighted by Crippen LogP contribution is -2.28. The molecule has 1 atom stereocenters. The first-order chi connectivity index (χ1) is 8.08. The average Bonchev–Trinajstić information content (AvgIpc) is 2.32. The molecule has 0 radical (unpaired) electrons. The predicted octanol–water partition coefficient (Wildman–Crippen LogP) is 2.65. The van der Waals surface area contributed by atoms with Gasteiger partial charge in [0.2, 0.25) is 5.28 Å². The van der Waals surface area contributed by atoms with Gasteiger partial charge in [-0.15, -0.1) is 0 Å². The van der Waals surface area contributed by atoms with Crippen molar-refractivity contribution in [3.63, 3.8) is 0 Å². The Morgan fingerprint density at radius 3 is 2.65 bits per heavy atom. The van der Waals surface area contributed by atoms with Gasteiger partial charge in [0.1, 0.15) is 5.82 Å². The zero-order valence-electron chi connectivity index (χ0n) is 10.6. The van der Waals surface area contributed by atoms with Crippen molar-refractivity contribution < 1.29 is 5.11 Å². The molecular formula is C12H20ClN3O. The van der Waals surface area contributed by atoms with Crippen molar-refractivity contribution in [2.24, 2.45) is 5.92 Å². The zero-order chi connectivity index (χ0) is 12.8. The topological polar surface area (TPSA) is 58.0 Å². The number of aliphatic hydroxyl groups excluding tert-OH is 1. The molecule has 0 aliphatic heterocycles. The molecule has 0 aliphatic rings. The van der Waals surface area contributed by atoms with E-state index in [0.717, 1.165) is 18.4 Å². The van der Waals surface area contributed by atoms with E-state index in [1.54, 1.807) is 6.20 Å². The van der Waals surface area contributed by atoms with Crippen LogP contribution in [0.15, 0.2) is 6.20 Å². The van der Waals surface area contributed by atoms with E-state index in [9.17, 15) is 5.11 Å². The van der Waals surface area contributed by atoms with Crippen molar-refractivity contribution in [2.45, 2.75) is 39.7 Å². The van der Waals surface area contributed by atoms with Gasteiger partial charge in [0, 0.05) is 18.3 Å². The Labute approximate surface area is 107 Å². The average molecular weight is 258 g/mol. The number of anilines is 1. The molecule has 0 amide bonds. The fraction of sp³-hybridized carbons (Fsp3) is 0.667. The van der Waals surface area contributed by atoms with Crippen LogP contribution in [0, 0.1) is 12.8 Å². The molecule has 17 heavy (non-hydrogen) atoms. The molecule has 1 rings (SSSR count). The van der Waals surface area contributed by atoms with Crippen molar-refractivity contribution in [1.82, 2.24) is 9.97 Å². The molecule has 1 unspecified atom stereocenters. The van der Waals surface area contributed by atoms with Crippen LogP contribution in [0.4, 0.5) is 5.82 Å². The summed E-state index contributed by atoms with van der Waals surface area (Å²) in [4.78, 5) is 7.97. The maximum Gasteiger partial charge on any atom is 0.224 e. The first kappa shape index (κ1) is 14.2. The highest BCUT2D eigenvalue weighted by atomic mass is 35.5. The molecule has 0 aliphatic carbocycles. The van der Waals surface area contributed by atoms with Gasteiger partial charge in [-0.2, -0.15) is 0 Å². The third-order valence-corrected chi connectivity index (χ3v) is 3.20. The fourth-order valence-corrected chi connectivity index (χ4v) is 1.93. The lowest BCUT2D eigenvalue weighted by atomic mass is 9.96. The first-order valence-electron chi connectivity index (χ1n) is 5.99. The van der Waals surface area contributed by atoms with Gasteiger partial charge in [0.15, 0.2) is 0 Å². The first-order valence-corrected chi connectivity index (χ1v) is 6.37. The summed E-state index contributed by atoms with van der Waals surface area (Å²) in [7, 11) is 0. The Morgan fingerprint density at radius 2 is 2.06 bits per heavy atom. The van der Waals surface area contributed by atoms with E-state index >= 15 is 0 Å². The summed E-state index contributed by atoms with van der Waals surface area (Å²) in [5.74, 6) is 1.01. The van der Waals surface area contributed by atoms with Crippen LogP contribution in [0.2, 0.25) is 5.28 Å². The Bertz CT molecular complexity index is 356. The van der Waals surface area contributed by atoms with Gasteiger partial charge in [-0.05, 0) is 24.4 Å². The van der Waals surface area contributed by atoms with Crippen LogP contribution in [-0.2, 0) is 0 Å². The molecule has 0 saturated carbocycles. The fourth-order valence-electron chi connectivity index (χ4n) is 1.80. The number of nitrogens with zero attached hydrogens (tertiary/aromatic N) is 2. The van der Waals surface area contributed by atoms with Gasteiger partial charge in [0.25, 0.3) is 0 Å². The number of hydrogen-bond acceptors (Lipinski definition) is 4. The van der Waals surface area contributed by atoms with Gasteiger partial charge in [0.05, 0.1) is 6.10 Å². The monoisotopic (exact) mass is 257 g/mol. The second-order valence-electron chi connectivity index (χ2n) is 4.20. The molecule has 0 saturated heterocycles. The number of aliphatic hydroxyl groups is 1. The molecule has 0 aromatic carbocycles. The number of hydrogen-bond donors (Lipinski definition) is 2. The Balaban J connectivity index is 2.57. The highest BCUT2D eigenvalue weighted by Crippen LogP contribution is 2.16. The summed E-state index contributed by atoms with van der Waals surface area (Å²) in [6.45, 7) is 6.57. The molecule has 96 valence electrons. The van der Waals surface area contributed by atoms with Gasteiger partial charge in [-0.3, -0.25) is 0 Å². The summed E-state index contributed by atoms with van der Waals surface area (Å²) in [6.07, 6.45) is 3.26. The Morgan fingerprint density at radius 1 is 1.41 bits per heavy atom. The molecule has 0 fully saturated rings. The van der Waals surface area contributed by atoms with Crippen molar-refractivity contribution >= 4 is 17.4 Å². The Hall–Kier alpha value is -0.870.